The highest BCUT2D eigenvalue weighted by Gasteiger charge is 2.07. The van der Waals surface area contributed by atoms with Gasteiger partial charge in [0, 0.05) is 16.9 Å². The Balaban J connectivity index is 2.29. The average molecular weight is 263 g/mol. The van der Waals surface area contributed by atoms with E-state index in [0.29, 0.717) is 0 Å². The molecule has 0 aliphatic rings. The Morgan fingerprint density at radius 1 is 0.933 bits per heavy atom. The van der Waals surface area contributed by atoms with Crippen LogP contribution < -0.4 is 5.73 Å². The maximum absolute atomic E-state index is 6.12. The summed E-state index contributed by atoms with van der Waals surface area (Å²) < 4.78 is 1.06. The van der Waals surface area contributed by atoms with Crippen LogP contribution in [0.25, 0.3) is 0 Å². The standard InChI is InChI=1S/C12H11BrN2/c13-11-3-1-9(2-4-11)12(14)10-5-7-15-8-6-10/h1-8,12H,14H2/t12-/m1/s1. The molecule has 3 heteroatoms. The third-order valence-corrected chi connectivity index (χ3v) is 2.82. The lowest BCUT2D eigenvalue weighted by Gasteiger charge is -2.11. The summed E-state index contributed by atoms with van der Waals surface area (Å²) in [5.41, 5.74) is 8.30. The van der Waals surface area contributed by atoms with Crippen molar-refractivity contribution in [1.82, 2.24) is 4.98 Å². The van der Waals surface area contributed by atoms with Crippen molar-refractivity contribution in [3.63, 3.8) is 0 Å². The second kappa shape index (κ2) is 4.55. The van der Waals surface area contributed by atoms with E-state index in [1.54, 1.807) is 12.4 Å². The van der Waals surface area contributed by atoms with E-state index >= 15 is 0 Å². The molecule has 0 aliphatic heterocycles. The number of nitrogens with two attached hydrogens (primary N) is 1. The van der Waals surface area contributed by atoms with Crippen LogP contribution in [0.5, 0.6) is 0 Å². The number of rotatable bonds is 2. The molecule has 1 aromatic heterocycles. The van der Waals surface area contributed by atoms with Crippen LogP contribution in [-0.4, -0.2) is 4.98 Å². The number of halogens is 1. The van der Waals surface area contributed by atoms with Gasteiger partial charge in [-0.25, -0.2) is 0 Å². The van der Waals surface area contributed by atoms with Crippen molar-refractivity contribution in [3.8, 4) is 0 Å². The van der Waals surface area contributed by atoms with E-state index in [9.17, 15) is 0 Å². The maximum atomic E-state index is 6.12. The Hall–Kier alpha value is -1.19. The Morgan fingerprint density at radius 2 is 1.47 bits per heavy atom. The Bertz CT molecular complexity index is 425. The molecule has 0 radical (unpaired) electrons. The monoisotopic (exact) mass is 262 g/mol. The first-order valence-corrected chi connectivity index (χ1v) is 5.47. The summed E-state index contributed by atoms with van der Waals surface area (Å²) in [5, 5.41) is 0. The van der Waals surface area contributed by atoms with Gasteiger partial charge in [-0.05, 0) is 35.4 Å². The van der Waals surface area contributed by atoms with E-state index in [0.717, 1.165) is 15.6 Å². The third-order valence-electron chi connectivity index (χ3n) is 2.29. The van der Waals surface area contributed by atoms with Crippen molar-refractivity contribution in [3.05, 3.63) is 64.4 Å². The van der Waals surface area contributed by atoms with Crippen LogP contribution in [0.3, 0.4) is 0 Å². The highest BCUT2D eigenvalue weighted by Crippen LogP contribution is 2.20. The number of hydrogen-bond acceptors (Lipinski definition) is 2. The molecule has 2 rings (SSSR count). The largest absolute Gasteiger partial charge is 0.320 e. The maximum Gasteiger partial charge on any atom is 0.0552 e. The fourth-order valence-electron chi connectivity index (χ4n) is 1.43. The summed E-state index contributed by atoms with van der Waals surface area (Å²) in [6.45, 7) is 0. The quantitative estimate of drug-likeness (QED) is 0.904. The van der Waals surface area contributed by atoms with Gasteiger partial charge >= 0.3 is 0 Å². The predicted molar refractivity (Wildman–Crippen MR) is 64.4 cm³/mol. The second-order valence-electron chi connectivity index (χ2n) is 3.31. The van der Waals surface area contributed by atoms with E-state index in [4.69, 9.17) is 5.73 Å². The molecule has 0 unspecified atom stereocenters. The van der Waals surface area contributed by atoms with Crippen molar-refractivity contribution in [2.75, 3.05) is 0 Å². The van der Waals surface area contributed by atoms with Crippen molar-refractivity contribution in [1.29, 1.82) is 0 Å². The van der Waals surface area contributed by atoms with Gasteiger partial charge in [0.15, 0.2) is 0 Å². The van der Waals surface area contributed by atoms with E-state index in [1.807, 2.05) is 36.4 Å². The van der Waals surface area contributed by atoms with Crippen molar-refractivity contribution >= 4 is 15.9 Å². The molecule has 2 aromatic rings. The van der Waals surface area contributed by atoms with Gasteiger partial charge in [0.25, 0.3) is 0 Å². The van der Waals surface area contributed by atoms with Gasteiger partial charge in [0.1, 0.15) is 0 Å². The topological polar surface area (TPSA) is 38.9 Å². The zero-order chi connectivity index (χ0) is 10.7. The number of nitrogens with zero attached hydrogens (tertiary/aromatic N) is 1. The minimum absolute atomic E-state index is 0.0823. The fourth-order valence-corrected chi connectivity index (χ4v) is 1.70. The number of aromatic nitrogens is 1. The number of hydrogen-bond donors (Lipinski definition) is 1. The van der Waals surface area contributed by atoms with Crippen LogP contribution in [0, 0.1) is 0 Å². The summed E-state index contributed by atoms with van der Waals surface area (Å²) in [6, 6.07) is 11.8. The van der Waals surface area contributed by atoms with Crippen molar-refractivity contribution in [2.24, 2.45) is 5.73 Å². The Labute approximate surface area is 97.3 Å². The molecule has 15 heavy (non-hydrogen) atoms. The average Bonchev–Trinajstić information content (AvgIpc) is 2.30. The molecular weight excluding hydrogens is 252 g/mol. The second-order valence-corrected chi connectivity index (χ2v) is 4.23. The van der Waals surface area contributed by atoms with Gasteiger partial charge in [0.05, 0.1) is 6.04 Å². The van der Waals surface area contributed by atoms with Crippen LogP contribution in [0.2, 0.25) is 0 Å². The van der Waals surface area contributed by atoms with Gasteiger partial charge in [0.2, 0.25) is 0 Å². The van der Waals surface area contributed by atoms with Crippen LogP contribution in [-0.2, 0) is 0 Å². The molecule has 0 saturated carbocycles. The molecule has 2 nitrogen and oxygen atoms in total. The van der Waals surface area contributed by atoms with Gasteiger partial charge in [-0.15, -0.1) is 0 Å². The van der Waals surface area contributed by atoms with E-state index < -0.39 is 0 Å². The van der Waals surface area contributed by atoms with Crippen LogP contribution in [0.15, 0.2) is 53.3 Å². The van der Waals surface area contributed by atoms with Crippen molar-refractivity contribution < 1.29 is 0 Å². The lowest BCUT2D eigenvalue weighted by atomic mass is 10.0. The molecule has 0 aliphatic carbocycles. The minimum atomic E-state index is -0.0823. The summed E-state index contributed by atoms with van der Waals surface area (Å²) in [4.78, 5) is 3.97. The first-order chi connectivity index (χ1) is 7.27. The number of pyridine rings is 1. The number of benzene rings is 1. The zero-order valence-electron chi connectivity index (χ0n) is 8.10. The SMILES string of the molecule is N[C@@H](c1ccncc1)c1ccc(Br)cc1. The lowest BCUT2D eigenvalue weighted by Crippen LogP contribution is -2.11. The molecule has 76 valence electrons. The highest BCUT2D eigenvalue weighted by atomic mass is 79.9. The van der Waals surface area contributed by atoms with Gasteiger partial charge in [-0.2, -0.15) is 0 Å². The molecule has 0 spiro atoms. The van der Waals surface area contributed by atoms with Crippen molar-refractivity contribution in [2.45, 2.75) is 6.04 Å². The fraction of sp³-hybridized carbons (Fsp3) is 0.0833. The molecule has 0 fully saturated rings. The first kappa shape index (κ1) is 10.3. The van der Waals surface area contributed by atoms with Gasteiger partial charge in [-0.3, -0.25) is 4.98 Å². The molecular formula is C12H11BrN2. The van der Waals surface area contributed by atoms with E-state index in [2.05, 4.69) is 20.9 Å². The van der Waals surface area contributed by atoms with Crippen LogP contribution in [0.4, 0.5) is 0 Å². The Kier molecular flexibility index (Phi) is 3.14. The van der Waals surface area contributed by atoms with E-state index in [1.165, 1.54) is 0 Å². The van der Waals surface area contributed by atoms with Crippen LogP contribution >= 0.6 is 15.9 Å². The summed E-state index contributed by atoms with van der Waals surface area (Å²) >= 11 is 3.40. The molecule has 0 bridgehead atoms. The molecule has 1 aromatic carbocycles. The van der Waals surface area contributed by atoms with Gasteiger partial charge < -0.3 is 5.73 Å². The third kappa shape index (κ3) is 2.43. The summed E-state index contributed by atoms with van der Waals surface area (Å²) in [6.07, 6.45) is 3.52. The molecule has 1 atom stereocenters. The normalized spacial score (nSPS) is 12.4. The molecule has 0 amide bonds. The van der Waals surface area contributed by atoms with Gasteiger partial charge in [-0.1, -0.05) is 28.1 Å². The predicted octanol–water partition coefficient (Wildman–Crippen LogP) is 2.89. The molecule has 2 N–H and O–H groups in total. The smallest absolute Gasteiger partial charge is 0.0552 e. The summed E-state index contributed by atoms with van der Waals surface area (Å²) in [7, 11) is 0. The van der Waals surface area contributed by atoms with E-state index in [-0.39, 0.29) is 6.04 Å². The Morgan fingerprint density at radius 3 is 2.07 bits per heavy atom. The first-order valence-electron chi connectivity index (χ1n) is 4.68. The minimum Gasteiger partial charge on any atom is -0.320 e. The molecule has 1 heterocycles. The van der Waals surface area contributed by atoms with Crippen LogP contribution in [0.1, 0.15) is 17.2 Å². The summed E-state index contributed by atoms with van der Waals surface area (Å²) in [5.74, 6) is 0. The molecule has 0 saturated heterocycles. The zero-order valence-corrected chi connectivity index (χ0v) is 9.68. The lowest BCUT2D eigenvalue weighted by molar-refractivity contribution is 0.867. The highest BCUT2D eigenvalue weighted by molar-refractivity contribution is 9.10.